The fourth-order valence-electron chi connectivity index (χ4n) is 2.39. The van der Waals surface area contributed by atoms with Gasteiger partial charge in [-0.1, -0.05) is 17.7 Å². The summed E-state index contributed by atoms with van der Waals surface area (Å²) in [7, 11) is 2.01. The van der Waals surface area contributed by atoms with Crippen LogP contribution >= 0.6 is 11.6 Å². The highest BCUT2D eigenvalue weighted by Gasteiger charge is 2.22. The fraction of sp³-hybridized carbons (Fsp3) is 0.316. The molecule has 128 valence electrons. The first-order chi connectivity index (χ1) is 11.5. The molecule has 2 rings (SSSR count). The highest BCUT2D eigenvalue weighted by atomic mass is 35.5. The minimum atomic E-state index is -0.185. The van der Waals surface area contributed by atoms with E-state index in [-0.39, 0.29) is 11.9 Å². The van der Waals surface area contributed by atoms with E-state index >= 15 is 0 Å². The molecule has 0 saturated carbocycles. The van der Waals surface area contributed by atoms with Gasteiger partial charge in [-0.25, -0.2) is 0 Å². The topological polar surface area (TPSA) is 42.8 Å². The van der Waals surface area contributed by atoms with Crippen molar-refractivity contribution in [2.24, 2.45) is 0 Å². The van der Waals surface area contributed by atoms with Crippen molar-refractivity contribution in [2.45, 2.75) is 26.4 Å². The number of carbonyl (C=O) groups excluding carboxylic acids is 1. The van der Waals surface area contributed by atoms with Crippen molar-refractivity contribution in [1.29, 1.82) is 0 Å². The first-order valence-electron chi connectivity index (χ1n) is 8.10. The van der Waals surface area contributed by atoms with Crippen LogP contribution in [0.4, 0.5) is 5.69 Å². The van der Waals surface area contributed by atoms with Crippen molar-refractivity contribution < 1.29 is 14.4 Å². The Morgan fingerprint density at radius 3 is 2.58 bits per heavy atom. The second kappa shape index (κ2) is 8.71. The maximum atomic E-state index is 12.4. The van der Waals surface area contributed by atoms with Crippen LogP contribution in [0.15, 0.2) is 48.5 Å². The van der Waals surface area contributed by atoms with Crippen molar-refractivity contribution in [3.8, 4) is 5.75 Å². The van der Waals surface area contributed by atoms with Crippen LogP contribution in [0.25, 0.3) is 0 Å². The molecule has 1 amide bonds. The fourth-order valence-corrected chi connectivity index (χ4v) is 2.58. The number of hydrogen-bond acceptors (Lipinski definition) is 2. The summed E-state index contributed by atoms with van der Waals surface area (Å²) in [5, 5.41) is 3.52. The number of amides is 1. The first kappa shape index (κ1) is 18.3. The third kappa shape index (κ3) is 5.25. The van der Waals surface area contributed by atoms with Gasteiger partial charge in [0.1, 0.15) is 12.3 Å². The van der Waals surface area contributed by atoms with Crippen LogP contribution < -0.4 is 15.0 Å². The quantitative estimate of drug-likeness (QED) is 0.808. The molecule has 1 unspecified atom stereocenters. The van der Waals surface area contributed by atoms with Gasteiger partial charge in [-0.05, 0) is 56.3 Å². The van der Waals surface area contributed by atoms with Gasteiger partial charge in [0.15, 0.2) is 6.04 Å². The molecule has 0 aliphatic heterocycles. The predicted octanol–water partition coefficient (Wildman–Crippen LogP) is 2.78. The molecule has 0 heterocycles. The Morgan fingerprint density at radius 1 is 1.25 bits per heavy atom. The number of benzene rings is 2. The highest BCUT2D eigenvalue weighted by molar-refractivity contribution is 6.30. The van der Waals surface area contributed by atoms with Gasteiger partial charge < -0.3 is 15.0 Å². The number of carbonyl (C=O) groups is 1. The van der Waals surface area contributed by atoms with E-state index in [1.807, 2.05) is 57.3 Å². The molecule has 0 aromatic heterocycles. The van der Waals surface area contributed by atoms with Gasteiger partial charge in [0.25, 0.3) is 5.91 Å². The Kier molecular flexibility index (Phi) is 6.64. The molecule has 2 atom stereocenters. The van der Waals surface area contributed by atoms with Gasteiger partial charge in [0.05, 0.1) is 13.7 Å². The number of halogens is 1. The number of rotatable bonds is 7. The van der Waals surface area contributed by atoms with Gasteiger partial charge in [-0.3, -0.25) is 4.79 Å². The summed E-state index contributed by atoms with van der Waals surface area (Å²) in [4.78, 5) is 13.5. The molecule has 4 nitrogen and oxygen atoms in total. The van der Waals surface area contributed by atoms with E-state index < -0.39 is 0 Å². The van der Waals surface area contributed by atoms with E-state index in [1.165, 1.54) is 5.56 Å². The number of quaternary nitrogens is 1. The zero-order chi connectivity index (χ0) is 17.5. The lowest BCUT2D eigenvalue weighted by molar-refractivity contribution is -0.907. The van der Waals surface area contributed by atoms with Crippen molar-refractivity contribution in [3.63, 3.8) is 0 Å². The number of ether oxygens (including phenoxy) is 1. The summed E-state index contributed by atoms with van der Waals surface area (Å²) < 4.78 is 5.45. The van der Waals surface area contributed by atoms with Gasteiger partial charge >= 0.3 is 0 Å². The summed E-state index contributed by atoms with van der Waals surface area (Å²) >= 11 is 5.95. The van der Waals surface area contributed by atoms with E-state index in [9.17, 15) is 4.79 Å². The summed E-state index contributed by atoms with van der Waals surface area (Å²) in [6.45, 7) is 5.30. The molecule has 0 saturated heterocycles. The molecule has 5 heteroatoms. The largest absolute Gasteiger partial charge is 0.494 e. The van der Waals surface area contributed by atoms with E-state index in [0.717, 1.165) is 17.2 Å². The number of hydrogen-bond donors (Lipinski definition) is 2. The Balaban J connectivity index is 1.93. The first-order valence-corrected chi connectivity index (χ1v) is 8.48. The normalized spacial score (nSPS) is 13.2. The monoisotopic (exact) mass is 347 g/mol. The lowest BCUT2D eigenvalue weighted by atomic mass is 10.1. The summed E-state index contributed by atoms with van der Waals surface area (Å²) in [6.07, 6.45) is 0. The third-order valence-electron chi connectivity index (χ3n) is 3.94. The van der Waals surface area contributed by atoms with Gasteiger partial charge in [0, 0.05) is 16.3 Å². The minimum absolute atomic E-state index is 0.0271. The van der Waals surface area contributed by atoms with Gasteiger partial charge in [0.2, 0.25) is 0 Å². The molecule has 24 heavy (non-hydrogen) atoms. The average Bonchev–Trinajstić information content (AvgIpc) is 2.56. The van der Waals surface area contributed by atoms with Crippen LogP contribution in [-0.4, -0.2) is 25.6 Å². The molecule has 0 aliphatic rings. The molecule has 0 spiro atoms. The van der Waals surface area contributed by atoms with Crippen molar-refractivity contribution in [3.05, 3.63) is 59.1 Å². The maximum Gasteiger partial charge on any atom is 0.282 e. The van der Waals surface area contributed by atoms with E-state index in [4.69, 9.17) is 16.3 Å². The molecule has 2 N–H and O–H groups in total. The molecule has 0 aliphatic carbocycles. The summed E-state index contributed by atoms with van der Waals surface area (Å²) in [6, 6.07) is 15.0. The standard InChI is InChI=1S/C19H23ClN2O2/c1-4-24-18-10-8-15(9-11-18)13-22(3)14(2)19(23)21-17-7-5-6-16(20)12-17/h5-12,14H,4,13H2,1-3H3,(H,21,23)/p+1/t14-/m1/s1. The lowest BCUT2D eigenvalue weighted by Gasteiger charge is -2.21. The van der Waals surface area contributed by atoms with Crippen LogP contribution in [-0.2, 0) is 11.3 Å². The van der Waals surface area contributed by atoms with Crippen LogP contribution in [0.5, 0.6) is 5.75 Å². The highest BCUT2D eigenvalue weighted by Crippen LogP contribution is 2.15. The molecule has 2 aromatic rings. The lowest BCUT2D eigenvalue weighted by Crippen LogP contribution is -3.12. The summed E-state index contributed by atoms with van der Waals surface area (Å²) in [5.74, 6) is 0.839. The van der Waals surface area contributed by atoms with E-state index in [1.54, 1.807) is 12.1 Å². The molecule has 0 fully saturated rings. The zero-order valence-corrected chi connectivity index (χ0v) is 15.1. The Hall–Kier alpha value is -2.04. The Morgan fingerprint density at radius 2 is 1.96 bits per heavy atom. The van der Waals surface area contributed by atoms with Crippen LogP contribution in [0.3, 0.4) is 0 Å². The zero-order valence-electron chi connectivity index (χ0n) is 14.3. The molecule has 2 aromatic carbocycles. The number of nitrogens with one attached hydrogen (secondary N) is 2. The van der Waals surface area contributed by atoms with Gasteiger partial charge in [-0.15, -0.1) is 0 Å². The van der Waals surface area contributed by atoms with Crippen LogP contribution in [0.2, 0.25) is 5.02 Å². The van der Waals surface area contributed by atoms with Crippen LogP contribution in [0.1, 0.15) is 19.4 Å². The second-order valence-corrected chi connectivity index (χ2v) is 6.26. The van der Waals surface area contributed by atoms with E-state index in [2.05, 4.69) is 5.32 Å². The predicted molar refractivity (Wildman–Crippen MR) is 97.7 cm³/mol. The van der Waals surface area contributed by atoms with Crippen LogP contribution in [0, 0.1) is 0 Å². The average molecular weight is 348 g/mol. The molecule has 0 bridgehead atoms. The van der Waals surface area contributed by atoms with Crippen molar-refractivity contribution >= 4 is 23.2 Å². The second-order valence-electron chi connectivity index (χ2n) is 5.82. The maximum absolute atomic E-state index is 12.4. The summed E-state index contributed by atoms with van der Waals surface area (Å²) in [5.41, 5.74) is 1.88. The minimum Gasteiger partial charge on any atom is -0.494 e. The number of likely N-dealkylation sites (N-methyl/N-ethyl adjacent to an activating group) is 1. The Labute approximate surface area is 148 Å². The SMILES string of the molecule is CCOc1ccc(C[NH+](C)[C@H](C)C(=O)Nc2cccc(Cl)c2)cc1. The van der Waals surface area contributed by atoms with Gasteiger partial charge in [-0.2, -0.15) is 0 Å². The molecular weight excluding hydrogens is 324 g/mol. The smallest absolute Gasteiger partial charge is 0.282 e. The van der Waals surface area contributed by atoms with Crippen molar-refractivity contribution in [1.82, 2.24) is 0 Å². The van der Waals surface area contributed by atoms with Crippen molar-refractivity contribution in [2.75, 3.05) is 19.0 Å². The number of anilines is 1. The molecular formula is C19H24ClN2O2+. The third-order valence-corrected chi connectivity index (χ3v) is 4.18. The van der Waals surface area contributed by atoms with E-state index in [0.29, 0.717) is 17.3 Å². The molecule has 0 radical (unpaired) electrons. The Bertz CT molecular complexity index is 673.